The third-order valence-corrected chi connectivity index (χ3v) is 6.73. The van der Waals surface area contributed by atoms with Crippen molar-refractivity contribution in [3.8, 4) is 33.8 Å². The molecule has 0 fully saturated rings. The van der Waals surface area contributed by atoms with Gasteiger partial charge in [-0.25, -0.2) is 0 Å². The molecule has 6 rings (SSSR count). The predicted molar refractivity (Wildman–Crippen MR) is 133 cm³/mol. The first kappa shape index (κ1) is 18.9. The molecule has 0 amide bonds. The Bertz CT molecular complexity index is 1460. The average molecular weight is 413 g/mol. The van der Waals surface area contributed by atoms with Crippen molar-refractivity contribution in [3.63, 3.8) is 0 Å². The van der Waals surface area contributed by atoms with Crippen LogP contribution in [0.4, 0.5) is 0 Å². The van der Waals surface area contributed by atoms with Crippen molar-refractivity contribution in [1.29, 1.82) is 0 Å². The molecule has 0 bridgehead atoms. The van der Waals surface area contributed by atoms with Crippen molar-refractivity contribution in [1.82, 2.24) is 0 Å². The summed E-state index contributed by atoms with van der Waals surface area (Å²) < 4.78 is 6.28. The normalized spacial score (nSPS) is 13.8. The Hall–Kier alpha value is -3.84. The predicted octanol–water partition coefficient (Wildman–Crippen LogP) is 8.61. The Kier molecular flexibility index (Phi) is 4.19. The lowest BCUT2D eigenvalue weighted by Gasteiger charge is -2.34. The van der Waals surface area contributed by atoms with Crippen LogP contribution in [0.15, 0.2) is 109 Å². The molecule has 1 heterocycles. The minimum Gasteiger partial charge on any atom is -0.457 e. The fourth-order valence-corrected chi connectivity index (χ4v) is 5.05. The summed E-state index contributed by atoms with van der Waals surface area (Å²) in [6.07, 6.45) is 0. The summed E-state index contributed by atoms with van der Waals surface area (Å²) >= 11 is 0. The largest absolute Gasteiger partial charge is 0.457 e. The summed E-state index contributed by atoms with van der Waals surface area (Å²) in [7, 11) is 0. The van der Waals surface area contributed by atoms with Crippen LogP contribution < -0.4 is 4.74 Å². The van der Waals surface area contributed by atoms with Gasteiger partial charge in [0.25, 0.3) is 0 Å². The summed E-state index contributed by atoms with van der Waals surface area (Å²) in [6.45, 7) is 4.57. The van der Waals surface area contributed by atoms with Crippen LogP contribution in [0.2, 0.25) is 0 Å². The minimum absolute atomic E-state index is 0.132. The Labute approximate surface area is 188 Å². The first-order chi connectivity index (χ1) is 15.6. The van der Waals surface area contributed by atoms with Gasteiger partial charge in [0.2, 0.25) is 0 Å². The molecule has 1 nitrogen and oxygen atoms in total. The zero-order valence-electron chi connectivity index (χ0n) is 18.3. The smallest absolute Gasteiger partial charge is 0.131 e. The van der Waals surface area contributed by atoms with Crippen LogP contribution in [-0.2, 0) is 5.41 Å². The fraction of sp³-hybridized carbons (Fsp3) is 0.0968. The number of ether oxygens (including phenoxy) is 1. The van der Waals surface area contributed by atoms with Crippen LogP contribution >= 0.6 is 0 Å². The monoisotopic (exact) mass is 412 g/mol. The highest BCUT2D eigenvalue weighted by atomic mass is 16.5. The molecule has 1 aliphatic rings. The molecule has 0 unspecified atom stereocenters. The van der Waals surface area contributed by atoms with E-state index in [0.29, 0.717) is 0 Å². The van der Waals surface area contributed by atoms with Crippen molar-refractivity contribution in [2.45, 2.75) is 19.3 Å². The van der Waals surface area contributed by atoms with E-state index in [1.807, 2.05) is 6.07 Å². The van der Waals surface area contributed by atoms with E-state index in [2.05, 4.69) is 117 Å². The van der Waals surface area contributed by atoms with Gasteiger partial charge in [-0.3, -0.25) is 0 Å². The highest BCUT2D eigenvalue weighted by molar-refractivity contribution is 6.06. The fourth-order valence-electron chi connectivity index (χ4n) is 5.05. The summed E-state index contributed by atoms with van der Waals surface area (Å²) in [6, 6.07) is 38.8. The Morgan fingerprint density at radius 2 is 1.19 bits per heavy atom. The summed E-state index contributed by atoms with van der Waals surface area (Å²) in [5.74, 6) is 1.90. The maximum atomic E-state index is 6.28. The maximum Gasteiger partial charge on any atom is 0.131 e. The Morgan fingerprint density at radius 1 is 0.531 bits per heavy atom. The highest BCUT2D eigenvalue weighted by Crippen LogP contribution is 2.49. The first-order valence-corrected chi connectivity index (χ1v) is 11.1. The zero-order valence-corrected chi connectivity index (χ0v) is 18.3. The standard InChI is InChI=1S/C31H24O/c1-31(2)26-16-6-7-17-28(26)32-29-19-18-23(20-27(29)31)25-15-9-13-22-12-8-14-24(30(22)25)21-10-4-3-5-11-21/h3-20H,1-2H3. The molecule has 0 spiro atoms. The molecule has 0 aliphatic carbocycles. The van der Waals surface area contributed by atoms with Gasteiger partial charge in [-0.15, -0.1) is 0 Å². The molecular formula is C31H24O. The molecule has 0 saturated carbocycles. The number of para-hydroxylation sites is 1. The van der Waals surface area contributed by atoms with E-state index in [1.165, 1.54) is 44.2 Å². The summed E-state index contributed by atoms with van der Waals surface area (Å²) in [5, 5.41) is 2.54. The lowest BCUT2D eigenvalue weighted by atomic mass is 9.75. The van der Waals surface area contributed by atoms with Crippen molar-refractivity contribution in [2.75, 3.05) is 0 Å². The van der Waals surface area contributed by atoms with Gasteiger partial charge in [0, 0.05) is 16.5 Å². The van der Waals surface area contributed by atoms with E-state index in [9.17, 15) is 0 Å². The molecule has 5 aromatic carbocycles. The van der Waals surface area contributed by atoms with Crippen molar-refractivity contribution in [2.24, 2.45) is 0 Å². The molecule has 32 heavy (non-hydrogen) atoms. The van der Waals surface area contributed by atoms with E-state index < -0.39 is 0 Å². The highest BCUT2D eigenvalue weighted by Gasteiger charge is 2.34. The molecule has 0 radical (unpaired) electrons. The quantitative estimate of drug-likeness (QED) is 0.282. The second kappa shape index (κ2) is 7.10. The molecule has 1 heteroatoms. The molecule has 5 aromatic rings. The van der Waals surface area contributed by atoms with Crippen LogP contribution in [0.5, 0.6) is 11.5 Å². The second-order valence-corrected chi connectivity index (χ2v) is 9.01. The van der Waals surface area contributed by atoms with E-state index in [0.717, 1.165) is 11.5 Å². The molecule has 154 valence electrons. The summed E-state index contributed by atoms with van der Waals surface area (Å²) in [4.78, 5) is 0. The van der Waals surface area contributed by atoms with Crippen LogP contribution in [0, 0.1) is 0 Å². The average Bonchev–Trinajstić information content (AvgIpc) is 2.84. The molecule has 0 atom stereocenters. The first-order valence-electron chi connectivity index (χ1n) is 11.1. The maximum absolute atomic E-state index is 6.28. The van der Waals surface area contributed by atoms with Gasteiger partial charge in [0.15, 0.2) is 0 Å². The van der Waals surface area contributed by atoms with Crippen molar-refractivity contribution >= 4 is 10.8 Å². The number of hydrogen-bond donors (Lipinski definition) is 0. The van der Waals surface area contributed by atoms with Crippen LogP contribution in [0.3, 0.4) is 0 Å². The third kappa shape index (κ3) is 2.85. The zero-order chi connectivity index (χ0) is 21.7. The topological polar surface area (TPSA) is 9.23 Å². The molecule has 1 aliphatic heterocycles. The van der Waals surface area contributed by atoms with Crippen LogP contribution in [0.25, 0.3) is 33.0 Å². The molecule has 0 N–H and O–H groups in total. The van der Waals surface area contributed by atoms with Gasteiger partial charge in [0.05, 0.1) is 0 Å². The van der Waals surface area contributed by atoms with Gasteiger partial charge < -0.3 is 4.74 Å². The number of rotatable bonds is 2. The van der Waals surface area contributed by atoms with E-state index in [4.69, 9.17) is 4.74 Å². The van der Waals surface area contributed by atoms with E-state index in [-0.39, 0.29) is 5.41 Å². The van der Waals surface area contributed by atoms with E-state index >= 15 is 0 Å². The van der Waals surface area contributed by atoms with Crippen molar-refractivity contribution < 1.29 is 4.74 Å². The van der Waals surface area contributed by atoms with Gasteiger partial charge in [-0.05, 0) is 51.2 Å². The van der Waals surface area contributed by atoms with E-state index in [1.54, 1.807) is 0 Å². The molecule has 0 saturated heterocycles. The Morgan fingerprint density at radius 3 is 1.97 bits per heavy atom. The SMILES string of the molecule is CC1(C)c2ccccc2Oc2ccc(-c3cccc4cccc(-c5ccccc5)c34)cc21. The number of fused-ring (bicyclic) bond motifs is 3. The van der Waals surface area contributed by atoms with Gasteiger partial charge in [0.1, 0.15) is 11.5 Å². The lowest BCUT2D eigenvalue weighted by molar-refractivity contribution is 0.418. The van der Waals surface area contributed by atoms with Gasteiger partial charge in [-0.1, -0.05) is 105 Å². The van der Waals surface area contributed by atoms with Crippen LogP contribution in [0.1, 0.15) is 25.0 Å². The van der Waals surface area contributed by atoms with Gasteiger partial charge in [-0.2, -0.15) is 0 Å². The lowest BCUT2D eigenvalue weighted by Crippen LogP contribution is -2.24. The molecule has 0 aromatic heterocycles. The third-order valence-electron chi connectivity index (χ3n) is 6.73. The number of benzene rings is 5. The minimum atomic E-state index is -0.132. The van der Waals surface area contributed by atoms with Crippen molar-refractivity contribution in [3.05, 3.63) is 120 Å². The summed E-state index contributed by atoms with van der Waals surface area (Å²) in [5.41, 5.74) is 7.29. The van der Waals surface area contributed by atoms with Crippen LogP contribution in [-0.4, -0.2) is 0 Å². The number of hydrogen-bond acceptors (Lipinski definition) is 1. The van der Waals surface area contributed by atoms with Gasteiger partial charge >= 0.3 is 0 Å². The Balaban J connectivity index is 1.58. The second-order valence-electron chi connectivity index (χ2n) is 9.01. The molecular weight excluding hydrogens is 388 g/mol.